The number of thiazole rings is 1. The number of para-hydroxylation sites is 1. The summed E-state index contributed by atoms with van der Waals surface area (Å²) in [5, 5.41) is 15.5. The predicted octanol–water partition coefficient (Wildman–Crippen LogP) is 2.25. The van der Waals surface area contributed by atoms with Crippen LogP contribution in [0.2, 0.25) is 0 Å². The second-order valence-corrected chi connectivity index (χ2v) is 2.79. The maximum atomic E-state index is 6.62. The van der Waals surface area contributed by atoms with Gasteiger partial charge in [-0.2, -0.15) is 0 Å². The van der Waals surface area contributed by atoms with Gasteiger partial charge in [0, 0.05) is 0 Å². The molecular weight excluding hydrogens is 178 g/mol. The van der Waals surface area contributed by atoms with Gasteiger partial charge >= 0.3 is 0 Å². The molecule has 0 radical (unpaired) electrons. The minimum atomic E-state index is 1.10. The Balaban J connectivity index is 0.000000213. The fourth-order valence-corrected chi connectivity index (χ4v) is 1.48. The van der Waals surface area contributed by atoms with Crippen LogP contribution in [0.4, 0.5) is 0 Å². The number of fused-ring (bicyclic) bond motifs is 1. The molecule has 1 heterocycles. The molecule has 5 heteroatoms. The van der Waals surface area contributed by atoms with Gasteiger partial charge < -0.3 is 0 Å². The number of hydrogen-bond donors (Lipinski definition) is 2. The molecule has 0 bridgehead atoms. The Morgan fingerprint density at radius 2 is 1.92 bits per heavy atom. The Labute approximate surface area is 72.5 Å². The number of hydrogen-bond acceptors (Lipinski definition) is 5. The average Bonchev–Trinajstić information content (AvgIpc) is 2.52. The Morgan fingerprint density at radius 1 is 1.25 bits per heavy atom. The van der Waals surface area contributed by atoms with E-state index in [9.17, 15) is 0 Å². The van der Waals surface area contributed by atoms with Gasteiger partial charge in [0.1, 0.15) is 0 Å². The molecule has 0 amide bonds. The molecule has 2 aromatic rings. The van der Waals surface area contributed by atoms with Crippen molar-refractivity contribution in [2.24, 2.45) is 0 Å². The van der Waals surface area contributed by atoms with Crippen molar-refractivity contribution in [2.75, 3.05) is 0 Å². The molecule has 1 aromatic carbocycles. The summed E-state index contributed by atoms with van der Waals surface area (Å²) in [4.78, 5) is 4.14. The normalized spacial score (nSPS) is 9.17. The van der Waals surface area contributed by atoms with E-state index in [2.05, 4.69) is 16.1 Å². The lowest BCUT2D eigenvalue weighted by Gasteiger charge is -1.80. The molecule has 0 unspecified atom stereocenters. The van der Waals surface area contributed by atoms with Crippen LogP contribution in [0.25, 0.3) is 10.2 Å². The quantitative estimate of drug-likeness (QED) is 0.488. The molecule has 0 saturated carbocycles. The molecule has 4 nitrogen and oxygen atoms in total. The molecule has 0 fully saturated rings. The Kier molecular flexibility index (Phi) is 3.62. The Bertz CT molecular complexity index is 306. The third-order valence-electron chi connectivity index (χ3n) is 1.24. The Hall–Kier alpha value is -1.01. The zero-order valence-electron chi connectivity index (χ0n) is 6.04. The van der Waals surface area contributed by atoms with Crippen molar-refractivity contribution in [3.05, 3.63) is 29.8 Å². The molecule has 12 heavy (non-hydrogen) atoms. The first-order valence-corrected chi connectivity index (χ1v) is 3.99. The molecule has 2 N–H and O–H groups in total. The van der Waals surface area contributed by atoms with Crippen LogP contribution in [0.5, 0.6) is 0 Å². The number of benzene rings is 1. The van der Waals surface area contributed by atoms with Gasteiger partial charge in [0.05, 0.1) is 15.7 Å². The van der Waals surface area contributed by atoms with Gasteiger partial charge in [-0.25, -0.2) is 15.5 Å². The standard InChI is InChI=1S/C7H5NS.H2O3/c1-2-4-7-6(3-1)8-5-9-7;1-3-2/h1-5H;1-2H. The van der Waals surface area contributed by atoms with E-state index in [-0.39, 0.29) is 0 Å². The van der Waals surface area contributed by atoms with E-state index in [0.29, 0.717) is 0 Å². The summed E-state index contributed by atoms with van der Waals surface area (Å²) in [5.74, 6) is 0. The summed E-state index contributed by atoms with van der Waals surface area (Å²) in [6.07, 6.45) is 0. The van der Waals surface area contributed by atoms with Gasteiger partial charge in [-0.3, -0.25) is 0 Å². The van der Waals surface area contributed by atoms with Crippen molar-refractivity contribution in [2.45, 2.75) is 0 Å². The summed E-state index contributed by atoms with van der Waals surface area (Å²) in [6, 6.07) is 8.13. The highest BCUT2D eigenvalue weighted by Gasteiger charge is 1.89. The smallest absolute Gasteiger partial charge is 0.0812 e. The zero-order valence-corrected chi connectivity index (χ0v) is 6.86. The Morgan fingerprint density at radius 3 is 2.58 bits per heavy atom. The van der Waals surface area contributed by atoms with Crippen LogP contribution in [-0.2, 0) is 5.04 Å². The summed E-state index contributed by atoms with van der Waals surface area (Å²) < 4.78 is 1.26. The van der Waals surface area contributed by atoms with Crippen molar-refractivity contribution in [1.82, 2.24) is 4.98 Å². The van der Waals surface area contributed by atoms with Crippen molar-refractivity contribution < 1.29 is 15.6 Å². The first-order valence-electron chi connectivity index (χ1n) is 3.11. The highest BCUT2D eigenvalue weighted by Crippen LogP contribution is 2.15. The minimum Gasteiger partial charge on any atom is -0.245 e. The van der Waals surface area contributed by atoms with E-state index in [0.717, 1.165) is 5.52 Å². The van der Waals surface area contributed by atoms with Crippen LogP contribution in [-0.4, -0.2) is 15.5 Å². The van der Waals surface area contributed by atoms with E-state index in [4.69, 9.17) is 10.5 Å². The van der Waals surface area contributed by atoms with Crippen LogP contribution in [0, 0.1) is 0 Å². The van der Waals surface area contributed by atoms with Gasteiger partial charge in [0.25, 0.3) is 0 Å². The first-order chi connectivity index (χ1) is 5.88. The molecule has 0 spiro atoms. The van der Waals surface area contributed by atoms with Crippen LogP contribution in [0.15, 0.2) is 29.8 Å². The summed E-state index contributed by atoms with van der Waals surface area (Å²) in [6.45, 7) is 0. The first kappa shape index (κ1) is 9.08. The second-order valence-electron chi connectivity index (χ2n) is 1.90. The number of nitrogens with zero attached hydrogens (tertiary/aromatic N) is 1. The highest BCUT2D eigenvalue weighted by atomic mass is 32.1. The summed E-state index contributed by atoms with van der Waals surface area (Å²) >= 11 is 1.68. The molecule has 0 aliphatic carbocycles. The lowest BCUT2D eigenvalue weighted by Crippen LogP contribution is -1.61. The lowest BCUT2D eigenvalue weighted by atomic mass is 10.3. The number of rotatable bonds is 0. The van der Waals surface area contributed by atoms with Crippen molar-refractivity contribution in [1.29, 1.82) is 0 Å². The SMILES string of the molecule is OOO.c1ccc2scnc2c1. The molecule has 0 aliphatic heterocycles. The van der Waals surface area contributed by atoms with Crippen molar-refractivity contribution >= 4 is 21.6 Å². The monoisotopic (exact) mass is 185 g/mol. The fourth-order valence-electron chi connectivity index (χ4n) is 0.803. The van der Waals surface area contributed by atoms with Gasteiger partial charge in [-0.1, -0.05) is 17.2 Å². The minimum absolute atomic E-state index is 1.10. The fraction of sp³-hybridized carbons (Fsp3) is 0. The van der Waals surface area contributed by atoms with E-state index in [1.54, 1.807) is 11.3 Å². The van der Waals surface area contributed by atoms with Crippen LogP contribution in [0.3, 0.4) is 0 Å². The largest absolute Gasteiger partial charge is 0.245 e. The maximum Gasteiger partial charge on any atom is 0.0812 e. The molecule has 64 valence electrons. The second kappa shape index (κ2) is 4.78. The van der Waals surface area contributed by atoms with Gasteiger partial charge in [0.15, 0.2) is 0 Å². The molecule has 0 saturated heterocycles. The van der Waals surface area contributed by atoms with E-state index >= 15 is 0 Å². The molecule has 0 aliphatic rings. The summed E-state index contributed by atoms with van der Waals surface area (Å²) in [7, 11) is 0. The predicted molar refractivity (Wildman–Crippen MR) is 46.0 cm³/mol. The molecule has 0 atom stereocenters. The topological polar surface area (TPSA) is 62.6 Å². The molecule has 1 aromatic heterocycles. The maximum absolute atomic E-state index is 6.62. The van der Waals surface area contributed by atoms with Gasteiger partial charge in [0.2, 0.25) is 0 Å². The van der Waals surface area contributed by atoms with Gasteiger partial charge in [-0.05, 0) is 12.1 Å². The van der Waals surface area contributed by atoms with Crippen LogP contribution in [0.1, 0.15) is 0 Å². The van der Waals surface area contributed by atoms with E-state index < -0.39 is 0 Å². The van der Waals surface area contributed by atoms with Gasteiger partial charge in [-0.15, -0.1) is 11.3 Å². The van der Waals surface area contributed by atoms with E-state index in [1.807, 2.05) is 23.7 Å². The molecule has 2 rings (SSSR count). The van der Waals surface area contributed by atoms with E-state index in [1.165, 1.54) is 4.70 Å². The van der Waals surface area contributed by atoms with Crippen molar-refractivity contribution in [3.63, 3.8) is 0 Å². The van der Waals surface area contributed by atoms with Crippen LogP contribution >= 0.6 is 11.3 Å². The number of aromatic nitrogens is 1. The highest BCUT2D eigenvalue weighted by molar-refractivity contribution is 7.16. The lowest BCUT2D eigenvalue weighted by molar-refractivity contribution is -0.465. The molecular formula is C7H7NO3S. The van der Waals surface area contributed by atoms with Crippen molar-refractivity contribution in [3.8, 4) is 0 Å². The zero-order chi connectivity index (χ0) is 8.81. The average molecular weight is 185 g/mol. The van der Waals surface area contributed by atoms with Crippen LogP contribution < -0.4 is 0 Å². The summed E-state index contributed by atoms with van der Waals surface area (Å²) in [5.41, 5.74) is 2.97. The third kappa shape index (κ3) is 2.24. The third-order valence-corrected chi connectivity index (χ3v) is 2.05.